The number of fused-ring (bicyclic) bond motifs is 1. The Labute approximate surface area is 107 Å². The van der Waals surface area contributed by atoms with Gasteiger partial charge in [-0.15, -0.1) is 0 Å². The summed E-state index contributed by atoms with van der Waals surface area (Å²) in [6.07, 6.45) is -0.0772. The van der Waals surface area contributed by atoms with Crippen LogP contribution in [0.2, 0.25) is 0 Å². The molecule has 2 unspecified atom stereocenters. The molecule has 0 aliphatic heterocycles. The predicted molar refractivity (Wildman–Crippen MR) is 70.8 cm³/mol. The summed E-state index contributed by atoms with van der Waals surface area (Å²) >= 11 is 7.41. The Morgan fingerprint density at radius 1 is 1.38 bits per heavy atom. The van der Waals surface area contributed by atoms with Gasteiger partial charge in [-0.1, -0.05) is 22.0 Å². The van der Waals surface area contributed by atoms with Crippen LogP contribution in [0.3, 0.4) is 0 Å². The van der Waals surface area contributed by atoms with Crippen molar-refractivity contribution in [3.63, 3.8) is 0 Å². The summed E-state index contributed by atoms with van der Waals surface area (Å²) in [6.45, 7) is 0. The van der Waals surface area contributed by atoms with Gasteiger partial charge >= 0.3 is 0 Å². The quantitative estimate of drug-likeness (QED) is 0.657. The number of halogens is 1. The van der Waals surface area contributed by atoms with Gasteiger partial charge < -0.3 is 15.2 Å². The van der Waals surface area contributed by atoms with Gasteiger partial charge in [0.15, 0.2) is 0 Å². The molecule has 1 heterocycles. The molecule has 86 valence electrons. The molecule has 0 saturated heterocycles. The molecule has 1 aromatic heterocycles. The predicted octanol–water partition coefficient (Wildman–Crippen LogP) is 2.25. The van der Waals surface area contributed by atoms with Crippen LogP contribution in [0.25, 0.3) is 10.9 Å². The van der Waals surface area contributed by atoms with E-state index in [2.05, 4.69) is 33.5 Å². The first kappa shape index (κ1) is 12.0. The average Bonchev–Trinajstić information content (AvgIpc) is 2.72. The van der Waals surface area contributed by atoms with Crippen molar-refractivity contribution in [1.82, 2.24) is 4.98 Å². The van der Waals surface area contributed by atoms with E-state index in [1.54, 1.807) is 6.20 Å². The summed E-state index contributed by atoms with van der Waals surface area (Å²) in [7, 11) is 0. The number of aliphatic hydroxyl groups is 2. The molecule has 1 aromatic carbocycles. The first-order chi connectivity index (χ1) is 7.65. The summed E-state index contributed by atoms with van der Waals surface area (Å²) < 4.78 is 0.895. The second-order valence-corrected chi connectivity index (χ2v) is 4.82. The lowest BCUT2D eigenvalue weighted by Gasteiger charge is -2.15. The Bertz CT molecular complexity index is 500. The fraction of sp³-hybridized carbons (Fsp3) is 0.273. The van der Waals surface area contributed by atoms with Crippen LogP contribution in [-0.2, 0) is 0 Å². The van der Waals surface area contributed by atoms with Gasteiger partial charge in [0, 0.05) is 32.9 Å². The van der Waals surface area contributed by atoms with E-state index in [9.17, 15) is 10.2 Å². The van der Waals surface area contributed by atoms with E-state index >= 15 is 0 Å². The molecule has 2 rings (SSSR count). The summed E-state index contributed by atoms with van der Waals surface area (Å²) in [6, 6.07) is 5.73. The van der Waals surface area contributed by atoms with E-state index in [-0.39, 0.29) is 5.75 Å². The number of hydrogen-bond acceptors (Lipinski definition) is 3. The van der Waals surface area contributed by atoms with Gasteiger partial charge in [-0.25, -0.2) is 0 Å². The lowest BCUT2D eigenvalue weighted by atomic mass is 10.0. The SMILES string of the molecule is OC(CS)C(O)c1c[nH]c2cccc(Br)c12. The largest absolute Gasteiger partial charge is 0.389 e. The van der Waals surface area contributed by atoms with Crippen molar-refractivity contribution in [3.05, 3.63) is 34.4 Å². The second-order valence-electron chi connectivity index (χ2n) is 3.60. The summed E-state index contributed by atoms with van der Waals surface area (Å²) in [5.41, 5.74) is 1.61. The van der Waals surface area contributed by atoms with E-state index in [0.717, 1.165) is 15.4 Å². The van der Waals surface area contributed by atoms with Gasteiger partial charge in [0.25, 0.3) is 0 Å². The summed E-state index contributed by atoms with van der Waals surface area (Å²) in [4.78, 5) is 3.06. The number of nitrogens with one attached hydrogen (secondary N) is 1. The number of rotatable bonds is 3. The maximum absolute atomic E-state index is 9.96. The average molecular weight is 302 g/mol. The first-order valence-electron chi connectivity index (χ1n) is 4.87. The Morgan fingerprint density at radius 3 is 2.81 bits per heavy atom. The highest BCUT2D eigenvalue weighted by Gasteiger charge is 2.21. The van der Waals surface area contributed by atoms with Crippen molar-refractivity contribution < 1.29 is 10.2 Å². The monoisotopic (exact) mass is 301 g/mol. The van der Waals surface area contributed by atoms with Gasteiger partial charge in [-0.3, -0.25) is 0 Å². The molecule has 3 nitrogen and oxygen atoms in total. The minimum absolute atomic E-state index is 0.221. The molecule has 0 fully saturated rings. The van der Waals surface area contributed by atoms with E-state index in [0.29, 0.717) is 5.56 Å². The highest BCUT2D eigenvalue weighted by Crippen LogP contribution is 2.32. The molecule has 2 atom stereocenters. The van der Waals surface area contributed by atoms with Crippen LogP contribution in [0.15, 0.2) is 28.9 Å². The molecule has 3 N–H and O–H groups in total. The molecule has 0 aliphatic rings. The number of benzene rings is 1. The van der Waals surface area contributed by atoms with E-state index in [1.165, 1.54) is 0 Å². The van der Waals surface area contributed by atoms with Gasteiger partial charge in [0.1, 0.15) is 6.10 Å². The minimum Gasteiger partial charge on any atom is -0.389 e. The van der Waals surface area contributed by atoms with E-state index in [1.807, 2.05) is 18.2 Å². The molecule has 0 spiro atoms. The fourth-order valence-electron chi connectivity index (χ4n) is 1.71. The first-order valence-corrected chi connectivity index (χ1v) is 6.30. The zero-order valence-corrected chi connectivity index (χ0v) is 10.9. The Hall–Kier alpha value is -0.490. The lowest BCUT2D eigenvalue weighted by Crippen LogP contribution is -2.19. The smallest absolute Gasteiger partial charge is 0.108 e. The molecule has 2 aromatic rings. The van der Waals surface area contributed by atoms with Crippen molar-refractivity contribution in [2.75, 3.05) is 5.75 Å². The van der Waals surface area contributed by atoms with Gasteiger partial charge in [0.2, 0.25) is 0 Å². The Balaban J connectivity index is 2.53. The van der Waals surface area contributed by atoms with Crippen LogP contribution in [0.1, 0.15) is 11.7 Å². The zero-order valence-electron chi connectivity index (χ0n) is 8.39. The van der Waals surface area contributed by atoms with Crippen molar-refractivity contribution in [1.29, 1.82) is 0 Å². The van der Waals surface area contributed by atoms with Gasteiger partial charge in [-0.05, 0) is 12.1 Å². The van der Waals surface area contributed by atoms with E-state index in [4.69, 9.17) is 0 Å². The second kappa shape index (κ2) is 4.79. The normalized spacial score (nSPS) is 15.2. The number of aliphatic hydroxyl groups excluding tert-OH is 2. The fourth-order valence-corrected chi connectivity index (χ4v) is 2.50. The molecule has 0 amide bonds. The van der Waals surface area contributed by atoms with Crippen molar-refractivity contribution in [2.45, 2.75) is 12.2 Å². The third-order valence-corrected chi connectivity index (χ3v) is 3.59. The number of aromatic amines is 1. The van der Waals surface area contributed by atoms with Crippen molar-refractivity contribution >= 4 is 39.5 Å². The molecule has 0 radical (unpaired) electrons. The summed E-state index contributed by atoms with van der Waals surface area (Å²) in [5.74, 6) is 0.221. The molecular weight excluding hydrogens is 290 g/mol. The van der Waals surface area contributed by atoms with Crippen LogP contribution in [-0.4, -0.2) is 27.1 Å². The number of H-pyrrole nitrogens is 1. The van der Waals surface area contributed by atoms with Crippen molar-refractivity contribution in [3.8, 4) is 0 Å². The topological polar surface area (TPSA) is 56.2 Å². The standard InChI is InChI=1S/C11H12BrNO2S/c12-7-2-1-3-8-10(7)6(4-13-8)11(15)9(14)5-16/h1-4,9,11,13-16H,5H2. The third kappa shape index (κ3) is 2.00. The lowest BCUT2D eigenvalue weighted by molar-refractivity contribution is 0.0347. The van der Waals surface area contributed by atoms with Crippen LogP contribution >= 0.6 is 28.6 Å². The molecule has 16 heavy (non-hydrogen) atoms. The minimum atomic E-state index is -0.926. The van der Waals surface area contributed by atoms with Gasteiger partial charge in [-0.2, -0.15) is 12.6 Å². The maximum Gasteiger partial charge on any atom is 0.108 e. The molecule has 0 bridgehead atoms. The van der Waals surface area contributed by atoms with Crippen LogP contribution in [0, 0.1) is 0 Å². The highest BCUT2D eigenvalue weighted by molar-refractivity contribution is 9.10. The Morgan fingerprint density at radius 2 is 2.12 bits per heavy atom. The number of aromatic nitrogens is 1. The summed E-state index contributed by atoms with van der Waals surface area (Å²) in [5, 5.41) is 20.5. The number of thiol groups is 1. The molecule has 0 saturated carbocycles. The Kier molecular flexibility index (Phi) is 3.59. The van der Waals surface area contributed by atoms with Crippen molar-refractivity contribution in [2.24, 2.45) is 0 Å². The van der Waals surface area contributed by atoms with E-state index < -0.39 is 12.2 Å². The van der Waals surface area contributed by atoms with Crippen LogP contribution in [0.4, 0.5) is 0 Å². The molecule has 0 aliphatic carbocycles. The van der Waals surface area contributed by atoms with Crippen LogP contribution in [0.5, 0.6) is 0 Å². The zero-order chi connectivity index (χ0) is 11.7. The maximum atomic E-state index is 9.96. The van der Waals surface area contributed by atoms with Crippen LogP contribution < -0.4 is 0 Å². The van der Waals surface area contributed by atoms with Gasteiger partial charge in [0.05, 0.1) is 6.10 Å². The molecular formula is C11H12BrNO2S. The third-order valence-electron chi connectivity index (χ3n) is 2.56. The number of hydrogen-bond donors (Lipinski definition) is 4. The highest BCUT2D eigenvalue weighted by atomic mass is 79.9. The molecule has 5 heteroatoms.